The maximum atomic E-state index is 12.3. The van der Waals surface area contributed by atoms with Gasteiger partial charge in [0.25, 0.3) is 0 Å². The number of carbonyl (C=O) groups is 1. The van der Waals surface area contributed by atoms with Gasteiger partial charge in [-0.1, -0.05) is 18.2 Å². The molecule has 3 aromatic carbocycles. The van der Waals surface area contributed by atoms with Crippen LogP contribution >= 0.6 is 0 Å². The first-order chi connectivity index (χ1) is 14.6. The summed E-state index contributed by atoms with van der Waals surface area (Å²) in [5.74, 6) is 2.67. The van der Waals surface area contributed by atoms with Crippen LogP contribution in [0.5, 0.6) is 28.7 Å². The summed E-state index contributed by atoms with van der Waals surface area (Å²) >= 11 is 0. The molecule has 6 nitrogen and oxygen atoms in total. The molecule has 0 unspecified atom stereocenters. The van der Waals surface area contributed by atoms with Crippen LogP contribution in [-0.4, -0.2) is 27.2 Å². The zero-order valence-electron chi connectivity index (χ0n) is 17.0. The number of para-hydroxylation sites is 1. The molecule has 0 radical (unpaired) electrons. The smallest absolute Gasteiger partial charge is 0.248 e. The molecule has 30 heavy (non-hydrogen) atoms. The Kier molecular flexibility index (Phi) is 6.95. The minimum atomic E-state index is -0.274. The van der Waals surface area contributed by atoms with Crippen LogP contribution in [0.3, 0.4) is 0 Å². The number of amides is 1. The minimum Gasteiger partial charge on any atom is -0.493 e. The molecule has 0 heterocycles. The molecule has 0 bridgehead atoms. The third-order valence-electron chi connectivity index (χ3n) is 4.25. The van der Waals surface area contributed by atoms with Crippen molar-refractivity contribution in [2.45, 2.75) is 0 Å². The van der Waals surface area contributed by atoms with Crippen molar-refractivity contribution in [1.29, 1.82) is 0 Å². The molecular formula is C24H23NO5. The molecule has 3 rings (SSSR count). The molecule has 0 aliphatic carbocycles. The van der Waals surface area contributed by atoms with E-state index in [1.165, 1.54) is 20.3 Å². The van der Waals surface area contributed by atoms with Crippen molar-refractivity contribution < 1.29 is 23.7 Å². The lowest BCUT2D eigenvalue weighted by Crippen LogP contribution is -2.07. The lowest BCUT2D eigenvalue weighted by atomic mass is 10.1. The topological polar surface area (TPSA) is 66.0 Å². The molecule has 0 aliphatic heterocycles. The fourth-order valence-corrected chi connectivity index (χ4v) is 2.84. The second-order valence-corrected chi connectivity index (χ2v) is 6.19. The van der Waals surface area contributed by atoms with Gasteiger partial charge >= 0.3 is 0 Å². The summed E-state index contributed by atoms with van der Waals surface area (Å²) in [4.78, 5) is 12.3. The number of carbonyl (C=O) groups excluding carboxylic acids is 1. The Balaban J connectivity index is 1.66. The first kappa shape index (κ1) is 20.8. The zero-order chi connectivity index (χ0) is 21.3. The van der Waals surface area contributed by atoms with E-state index in [1.54, 1.807) is 49.6 Å². The molecule has 1 N–H and O–H groups in total. The highest BCUT2D eigenvalue weighted by Gasteiger charge is 2.14. The van der Waals surface area contributed by atoms with E-state index in [1.807, 2.05) is 30.3 Å². The molecule has 0 saturated carbocycles. The highest BCUT2D eigenvalue weighted by Crippen LogP contribution is 2.40. The Morgan fingerprint density at radius 3 is 2.07 bits per heavy atom. The van der Waals surface area contributed by atoms with Crippen LogP contribution in [-0.2, 0) is 4.79 Å². The van der Waals surface area contributed by atoms with Gasteiger partial charge in [-0.25, -0.2) is 0 Å². The number of hydrogen-bond donors (Lipinski definition) is 1. The number of methoxy groups -OCH3 is 3. The highest BCUT2D eigenvalue weighted by atomic mass is 16.5. The predicted octanol–water partition coefficient (Wildman–Crippen LogP) is 5.16. The standard InChI is InChI=1S/C24H23NO5/c1-27-21-15-9-17(23(28-2)24(21)29-3)10-16-22(26)25-18-11-13-20(14-12-18)30-19-7-5-4-6-8-19/h4-16H,1-3H3,(H,25,26)/b16-10+. The molecular weight excluding hydrogens is 382 g/mol. The van der Waals surface area contributed by atoms with Crippen molar-refractivity contribution in [3.63, 3.8) is 0 Å². The average Bonchev–Trinajstić information content (AvgIpc) is 2.78. The van der Waals surface area contributed by atoms with E-state index in [9.17, 15) is 4.79 Å². The first-order valence-corrected chi connectivity index (χ1v) is 9.25. The first-order valence-electron chi connectivity index (χ1n) is 9.25. The summed E-state index contributed by atoms with van der Waals surface area (Å²) in [6.45, 7) is 0. The molecule has 1 amide bonds. The Morgan fingerprint density at radius 2 is 1.43 bits per heavy atom. The van der Waals surface area contributed by atoms with E-state index in [4.69, 9.17) is 18.9 Å². The summed E-state index contributed by atoms with van der Waals surface area (Å²) in [5, 5.41) is 2.81. The minimum absolute atomic E-state index is 0.274. The highest BCUT2D eigenvalue weighted by molar-refractivity contribution is 6.02. The fraction of sp³-hybridized carbons (Fsp3) is 0.125. The van der Waals surface area contributed by atoms with Crippen molar-refractivity contribution in [3.8, 4) is 28.7 Å². The number of rotatable bonds is 8. The molecule has 6 heteroatoms. The van der Waals surface area contributed by atoms with Crippen LogP contribution in [0.25, 0.3) is 6.08 Å². The Bertz CT molecular complexity index is 1010. The third-order valence-corrected chi connectivity index (χ3v) is 4.25. The van der Waals surface area contributed by atoms with Crippen molar-refractivity contribution in [2.24, 2.45) is 0 Å². The van der Waals surface area contributed by atoms with Crippen LogP contribution in [0.2, 0.25) is 0 Å². The summed E-state index contributed by atoms with van der Waals surface area (Å²) in [7, 11) is 4.62. The normalized spacial score (nSPS) is 10.5. The third kappa shape index (κ3) is 5.11. The van der Waals surface area contributed by atoms with E-state index < -0.39 is 0 Å². The van der Waals surface area contributed by atoms with E-state index in [0.717, 1.165) is 5.75 Å². The number of ether oxygens (including phenoxy) is 4. The Hall–Kier alpha value is -3.93. The van der Waals surface area contributed by atoms with Crippen molar-refractivity contribution in [3.05, 3.63) is 78.4 Å². The maximum Gasteiger partial charge on any atom is 0.248 e. The van der Waals surface area contributed by atoms with Gasteiger partial charge in [-0.2, -0.15) is 0 Å². The molecule has 0 atom stereocenters. The Labute approximate surface area is 175 Å². The molecule has 154 valence electrons. The number of anilines is 1. The van der Waals surface area contributed by atoms with Crippen LogP contribution in [0.1, 0.15) is 5.56 Å². The van der Waals surface area contributed by atoms with Gasteiger partial charge in [0.1, 0.15) is 11.5 Å². The van der Waals surface area contributed by atoms with Crippen molar-refractivity contribution >= 4 is 17.7 Å². The Morgan fingerprint density at radius 1 is 0.767 bits per heavy atom. The lowest BCUT2D eigenvalue weighted by Gasteiger charge is -2.14. The molecule has 0 aromatic heterocycles. The van der Waals surface area contributed by atoms with Gasteiger partial charge in [0.2, 0.25) is 11.7 Å². The number of hydrogen-bond acceptors (Lipinski definition) is 5. The van der Waals surface area contributed by atoms with Gasteiger partial charge in [0.05, 0.1) is 21.3 Å². The van der Waals surface area contributed by atoms with Gasteiger partial charge in [0.15, 0.2) is 11.5 Å². The summed E-state index contributed by atoms with van der Waals surface area (Å²) in [6.07, 6.45) is 3.08. The van der Waals surface area contributed by atoms with Gasteiger partial charge in [0, 0.05) is 17.3 Å². The SMILES string of the molecule is COc1ccc(/C=C/C(=O)Nc2ccc(Oc3ccccc3)cc2)c(OC)c1OC. The molecule has 0 spiro atoms. The van der Waals surface area contributed by atoms with Gasteiger partial charge in [-0.15, -0.1) is 0 Å². The second kappa shape index (κ2) is 10.0. The fourth-order valence-electron chi connectivity index (χ4n) is 2.84. The van der Waals surface area contributed by atoms with Crippen molar-refractivity contribution in [1.82, 2.24) is 0 Å². The van der Waals surface area contributed by atoms with Gasteiger partial charge in [-0.05, 0) is 54.6 Å². The number of nitrogens with one attached hydrogen (secondary N) is 1. The molecule has 0 saturated heterocycles. The molecule has 3 aromatic rings. The van der Waals surface area contributed by atoms with Crippen LogP contribution in [0, 0.1) is 0 Å². The van der Waals surface area contributed by atoms with E-state index >= 15 is 0 Å². The monoisotopic (exact) mass is 405 g/mol. The van der Waals surface area contributed by atoms with Crippen LogP contribution in [0.15, 0.2) is 72.8 Å². The molecule has 0 aliphatic rings. The quantitative estimate of drug-likeness (QED) is 0.525. The lowest BCUT2D eigenvalue weighted by molar-refractivity contribution is -0.111. The largest absolute Gasteiger partial charge is 0.493 e. The maximum absolute atomic E-state index is 12.3. The summed E-state index contributed by atoms with van der Waals surface area (Å²) in [5.41, 5.74) is 1.35. The van der Waals surface area contributed by atoms with Gasteiger partial charge < -0.3 is 24.3 Å². The van der Waals surface area contributed by atoms with E-state index in [-0.39, 0.29) is 5.91 Å². The van der Waals surface area contributed by atoms with Crippen molar-refractivity contribution in [2.75, 3.05) is 26.6 Å². The summed E-state index contributed by atoms with van der Waals surface area (Å²) in [6, 6.07) is 20.2. The zero-order valence-corrected chi connectivity index (χ0v) is 17.0. The van der Waals surface area contributed by atoms with Crippen LogP contribution in [0.4, 0.5) is 5.69 Å². The van der Waals surface area contributed by atoms with E-state index in [2.05, 4.69) is 5.32 Å². The predicted molar refractivity (Wildman–Crippen MR) is 117 cm³/mol. The second-order valence-electron chi connectivity index (χ2n) is 6.19. The number of benzene rings is 3. The van der Waals surface area contributed by atoms with Gasteiger partial charge in [-0.3, -0.25) is 4.79 Å². The summed E-state index contributed by atoms with van der Waals surface area (Å²) < 4.78 is 21.8. The van der Waals surface area contributed by atoms with Crippen LogP contribution < -0.4 is 24.3 Å². The molecule has 0 fully saturated rings. The average molecular weight is 405 g/mol. The van der Waals surface area contributed by atoms with E-state index in [0.29, 0.717) is 34.2 Å².